The Balaban J connectivity index is 2.10. The molecular formula is C16H24N8O. The molecule has 1 fully saturated rings. The first-order valence-corrected chi connectivity index (χ1v) is 8.12. The van der Waals surface area contributed by atoms with Gasteiger partial charge in [-0.3, -0.25) is 4.79 Å². The molecule has 2 rings (SSSR count). The Kier molecular flexibility index (Phi) is 6.18. The largest absolute Gasteiger partial charge is 0.386 e. The molecule has 2 heterocycles. The summed E-state index contributed by atoms with van der Waals surface area (Å²) in [7, 11) is 0. The Labute approximate surface area is 146 Å². The maximum Gasteiger partial charge on any atom is 0.234 e. The van der Waals surface area contributed by atoms with E-state index in [1.165, 1.54) is 0 Å². The second-order valence-electron chi connectivity index (χ2n) is 5.77. The number of likely N-dealkylation sites (N-methyl/N-ethyl adjacent to an activating group) is 1. The second-order valence-corrected chi connectivity index (χ2v) is 5.77. The van der Waals surface area contributed by atoms with Crippen molar-refractivity contribution in [3.63, 3.8) is 0 Å². The summed E-state index contributed by atoms with van der Waals surface area (Å²) in [4.78, 5) is 24.6. The molecule has 0 aromatic carbocycles. The van der Waals surface area contributed by atoms with Crippen LogP contribution >= 0.6 is 0 Å². The lowest BCUT2D eigenvalue weighted by Gasteiger charge is -2.34. The fourth-order valence-electron chi connectivity index (χ4n) is 2.68. The number of primary amides is 1. The quantitative estimate of drug-likeness (QED) is 0.405. The van der Waals surface area contributed by atoms with Crippen molar-refractivity contribution in [1.29, 1.82) is 10.8 Å². The molecule has 0 spiro atoms. The third kappa shape index (κ3) is 4.60. The predicted octanol–water partition coefficient (Wildman–Crippen LogP) is -0.0170. The number of pyridine rings is 1. The SMILES string of the molecule is CCN1CCN(c2ccc(N=C(N)C(C(=N)C=N)C(N)=O)cn2)CC1. The highest BCUT2D eigenvalue weighted by molar-refractivity contribution is 6.40. The lowest BCUT2D eigenvalue weighted by molar-refractivity contribution is -0.118. The first-order valence-electron chi connectivity index (χ1n) is 8.12. The van der Waals surface area contributed by atoms with Crippen LogP contribution in [0.1, 0.15) is 6.92 Å². The minimum absolute atomic E-state index is 0.118. The molecule has 1 aliphatic heterocycles. The predicted molar refractivity (Wildman–Crippen MR) is 99.0 cm³/mol. The van der Waals surface area contributed by atoms with E-state index in [1.807, 2.05) is 6.07 Å². The molecule has 0 radical (unpaired) electrons. The van der Waals surface area contributed by atoms with Crippen molar-refractivity contribution in [3.05, 3.63) is 18.3 Å². The first kappa shape index (κ1) is 18.5. The van der Waals surface area contributed by atoms with Crippen molar-refractivity contribution in [2.45, 2.75) is 6.92 Å². The second kappa shape index (κ2) is 8.34. The number of hydrogen-bond acceptors (Lipinski definition) is 7. The third-order valence-corrected chi connectivity index (χ3v) is 4.18. The number of piperazine rings is 1. The van der Waals surface area contributed by atoms with Crippen molar-refractivity contribution in [1.82, 2.24) is 9.88 Å². The molecule has 1 aliphatic rings. The maximum absolute atomic E-state index is 11.4. The van der Waals surface area contributed by atoms with Gasteiger partial charge in [-0.05, 0) is 18.7 Å². The van der Waals surface area contributed by atoms with Crippen LogP contribution in [0.15, 0.2) is 23.3 Å². The van der Waals surface area contributed by atoms with Crippen molar-refractivity contribution in [2.24, 2.45) is 22.4 Å². The van der Waals surface area contributed by atoms with Crippen LogP contribution in [-0.2, 0) is 4.79 Å². The maximum atomic E-state index is 11.4. The van der Waals surface area contributed by atoms with Crippen LogP contribution in [0.25, 0.3) is 0 Å². The van der Waals surface area contributed by atoms with Crippen molar-refractivity contribution >= 4 is 35.2 Å². The summed E-state index contributed by atoms with van der Waals surface area (Å²) in [6, 6.07) is 3.61. The van der Waals surface area contributed by atoms with Gasteiger partial charge >= 0.3 is 0 Å². The lowest BCUT2D eigenvalue weighted by Crippen LogP contribution is -2.46. The van der Waals surface area contributed by atoms with Crippen molar-refractivity contribution in [2.75, 3.05) is 37.6 Å². The molecule has 0 bridgehead atoms. The van der Waals surface area contributed by atoms with E-state index in [9.17, 15) is 4.79 Å². The Morgan fingerprint density at radius 3 is 2.52 bits per heavy atom. The highest BCUT2D eigenvalue weighted by atomic mass is 16.1. The molecule has 0 aliphatic carbocycles. The molecule has 9 heteroatoms. The number of nitrogens with two attached hydrogens (primary N) is 2. The zero-order valence-corrected chi connectivity index (χ0v) is 14.3. The fraction of sp³-hybridized carbons (Fsp3) is 0.438. The van der Waals surface area contributed by atoms with Crippen molar-refractivity contribution < 1.29 is 4.79 Å². The first-order chi connectivity index (χ1) is 12.0. The van der Waals surface area contributed by atoms with Gasteiger partial charge in [-0.1, -0.05) is 6.92 Å². The summed E-state index contributed by atoms with van der Waals surface area (Å²) in [5, 5.41) is 14.7. The summed E-state index contributed by atoms with van der Waals surface area (Å²) in [5.41, 5.74) is 11.2. The minimum Gasteiger partial charge on any atom is -0.386 e. The molecule has 134 valence electrons. The fourth-order valence-corrected chi connectivity index (χ4v) is 2.68. The number of amides is 1. The van der Waals surface area contributed by atoms with Gasteiger partial charge in [0.2, 0.25) is 5.91 Å². The number of nitrogens with zero attached hydrogens (tertiary/aromatic N) is 4. The Hall–Kier alpha value is -2.81. The average Bonchev–Trinajstić information content (AvgIpc) is 2.62. The number of rotatable bonds is 7. The molecule has 6 N–H and O–H groups in total. The van der Waals surface area contributed by atoms with Crippen LogP contribution in [0.2, 0.25) is 0 Å². The molecule has 9 nitrogen and oxygen atoms in total. The van der Waals surface area contributed by atoms with Gasteiger partial charge in [0, 0.05) is 32.4 Å². The summed E-state index contributed by atoms with van der Waals surface area (Å²) in [5.74, 6) is -1.27. The van der Waals surface area contributed by atoms with Gasteiger partial charge in [0.25, 0.3) is 0 Å². The van der Waals surface area contributed by atoms with Gasteiger partial charge in [-0.2, -0.15) is 0 Å². The monoisotopic (exact) mass is 344 g/mol. The summed E-state index contributed by atoms with van der Waals surface area (Å²) < 4.78 is 0. The molecule has 0 saturated carbocycles. The molecule has 1 aromatic rings. The topological polar surface area (TPSA) is 149 Å². The van der Waals surface area contributed by atoms with Crippen LogP contribution in [0.3, 0.4) is 0 Å². The Morgan fingerprint density at radius 2 is 2.04 bits per heavy atom. The van der Waals surface area contributed by atoms with Gasteiger partial charge in [0.15, 0.2) is 0 Å². The standard InChI is InChI=1S/C16H24N8O/c1-2-23-5-7-24(8-6-23)13-4-3-11(10-21-13)22-15(19)14(16(20)25)12(18)9-17/h3-4,9-10,14,17-18H,2,5-8H2,1H3,(H2,19,22)(H2,20,25). The van der Waals surface area contributed by atoms with Crippen LogP contribution in [0.4, 0.5) is 11.5 Å². The number of amidine groups is 1. The molecule has 1 saturated heterocycles. The number of carbonyl (C=O) groups excluding carboxylic acids is 1. The number of hydrogen-bond donors (Lipinski definition) is 4. The van der Waals surface area contributed by atoms with Crippen LogP contribution in [0.5, 0.6) is 0 Å². The summed E-state index contributed by atoms with van der Waals surface area (Å²) in [6.07, 6.45) is 2.30. The van der Waals surface area contributed by atoms with Crippen LogP contribution < -0.4 is 16.4 Å². The molecule has 1 aromatic heterocycles. The van der Waals surface area contributed by atoms with E-state index in [4.69, 9.17) is 22.3 Å². The van der Waals surface area contributed by atoms with Gasteiger partial charge in [-0.15, -0.1) is 0 Å². The molecule has 1 amide bonds. The zero-order valence-electron chi connectivity index (χ0n) is 14.3. The molecular weight excluding hydrogens is 320 g/mol. The number of carbonyl (C=O) groups is 1. The molecule has 1 atom stereocenters. The highest BCUT2D eigenvalue weighted by Gasteiger charge is 2.24. The minimum atomic E-state index is -1.21. The number of nitrogens with one attached hydrogen (secondary N) is 2. The van der Waals surface area contributed by atoms with E-state index in [0.29, 0.717) is 5.69 Å². The summed E-state index contributed by atoms with van der Waals surface area (Å²) >= 11 is 0. The smallest absolute Gasteiger partial charge is 0.234 e. The van der Waals surface area contributed by atoms with Crippen LogP contribution in [-0.4, -0.2) is 66.3 Å². The van der Waals surface area contributed by atoms with Gasteiger partial charge in [0.05, 0.1) is 17.6 Å². The van der Waals surface area contributed by atoms with Gasteiger partial charge < -0.3 is 32.1 Å². The third-order valence-electron chi connectivity index (χ3n) is 4.18. The molecule has 25 heavy (non-hydrogen) atoms. The Morgan fingerprint density at radius 1 is 1.36 bits per heavy atom. The van der Waals surface area contributed by atoms with Crippen LogP contribution in [0, 0.1) is 16.7 Å². The number of aromatic nitrogens is 1. The molecule has 1 unspecified atom stereocenters. The van der Waals surface area contributed by atoms with E-state index in [0.717, 1.165) is 44.8 Å². The van der Waals surface area contributed by atoms with Gasteiger partial charge in [0.1, 0.15) is 17.6 Å². The van der Waals surface area contributed by atoms with Gasteiger partial charge in [-0.25, -0.2) is 9.98 Å². The normalized spacial score (nSPS) is 17.2. The van der Waals surface area contributed by atoms with Crippen molar-refractivity contribution in [3.8, 4) is 0 Å². The Bertz CT molecular complexity index is 661. The van der Waals surface area contributed by atoms with E-state index in [2.05, 4.69) is 26.7 Å². The number of anilines is 1. The zero-order chi connectivity index (χ0) is 18.4. The number of aliphatic imine (C=N–C) groups is 1. The lowest BCUT2D eigenvalue weighted by atomic mass is 10.0. The average molecular weight is 344 g/mol. The van der Waals surface area contributed by atoms with E-state index < -0.39 is 11.8 Å². The highest BCUT2D eigenvalue weighted by Crippen LogP contribution is 2.18. The van der Waals surface area contributed by atoms with E-state index in [-0.39, 0.29) is 11.5 Å². The van der Waals surface area contributed by atoms with E-state index in [1.54, 1.807) is 12.3 Å². The summed E-state index contributed by atoms with van der Waals surface area (Å²) in [6.45, 7) is 7.08. The van der Waals surface area contributed by atoms with E-state index >= 15 is 0 Å².